The van der Waals surface area contributed by atoms with Crippen molar-refractivity contribution in [1.29, 1.82) is 0 Å². The molecule has 1 aromatic carbocycles. The van der Waals surface area contributed by atoms with Gasteiger partial charge in [-0.05, 0) is 24.3 Å². The van der Waals surface area contributed by atoms with Gasteiger partial charge in [-0.1, -0.05) is 16.8 Å². The van der Waals surface area contributed by atoms with Crippen LogP contribution in [0.25, 0.3) is 0 Å². The number of carbonyl (C=O) groups excluding carboxylic acids is 1. The zero-order valence-electron chi connectivity index (χ0n) is 10.4. The maximum Gasteiger partial charge on any atom is 0.426 e. The summed E-state index contributed by atoms with van der Waals surface area (Å²) >= 11 is 0. The van der Waals surface area contributed by atoms with E-state index in [1.165, 1.54) is 4.68 Å². The first-order valence-electron chi connectivity index (χ1n) is 5.78. The highest BCUT2D eigenvalue weighted by atomic mass is 16.5. The second kappa shape index (κ2) is 5.85. The number of rotatable bonds is 5. The number of hydrogen-bond donors (Lipinski definition) is 2. The topological polar surface area (TPSA) is 88.2 Å². The second-order valence-corrected chi connectivity index (χ2v) is 3.75. The molecular formula is C12H14N3O4+. The first-order valence-corrected chi connectivity index (χ1v) is 5.78. The van der Waals surface area contributed by atoms with Crippen LogP contribution in [0.3, 0.4) is 0 Å². The average Bonchev–Trinajstić information content (AvgIpc) is 2.77. The van der Waals surface area contributed by atoms with E-state index in [-0.39, 0.29) is 12.5 Å². The van der Waals surface area contributed by atoms with Crippen LogP contribution in [-0.4, -0.2) is 17.8 Å². The van der Waals surface area contributed by atoms with Gasteiger partial charge in [0.15, 0.2) is 0 Å². The summed E-state index contributed by atoms with van der Waals surface area (Å²) in [5, 5.41) is 5.00. The van der Waals surface area contributed by atoms with Crippen molar-refractivity contribution in [2.75, 3.05) is 11.9 Å². The lowest BCUT2D eigenvalue weighted by molar-refractivity contribution is -0.750. The Hall–Kier alpha value is -2.57. The number of hydrogen-bond acceptors (Lipinski definition) is 4. The molecule has 0 aliphatic carbocycles. The Balaban J connectivity index is 2.04. The van der Waals surface area contributed by atoms with E-state index in [1.807, 2.05) is 13.0 Å². The Morgan fingerprint density at radius 1 is 1.47 bits per heavy atom. The molecule has 0 atom stereocenters. The molecule has 1 aromatic heterocycles. The highest BCUT2D eigenvalue weighted by molar-refractivity contribution is 5.91. The number of H-pyrrole nitrogens is 1. The van der Waals surface area contributed by atoms with Gasteiger partial charge in [-0.3, -0.25) is 9.32 Å². The second-order valence-electron chi connectivity index (χ2n) is 3.75. The molecule has 100 valence electrons. The molecule has 2 N–H and O–H groups in total. The SMILES string of the molecule is CCOc1ccccc1NC(=O)C[n+]1cc(=O)o[nH]1. The molecule has 2 rings (SSSR count). The Bertz CT molecular complexity index is 617. The van der Waals surface area contributed by atoms with Gasteiger partial charge in [0.1, 0.15) is 5.75 Å². The van der Waals surface area contributed by atoms with Gasteiger partial charge in [0, 0.05) is 0 Å². The first-order chi connectivity index (χ1) is 9.19. The van der Waals surface area contributed by atoms with Crippen molar-refractivity contribution in [1.82, 2.24) is 5.27 Å². The van der Waals surface area contributed by atoms with Crippen LogP contribution in [0.4, 0.5) is 5.69 Å². The average molecular weight is 264 g/mol. The predicted octanol–water partition coefficient (Wildman–Crippen LogP) is 0.293. The van der Waals surface area contributed by atoms with Crippen LogP contribution in [-0.2, 0) is 11.3 Å². The number of aromatic nitrogens is 2. The van der Waals surface area contributed by atoms with Crippen LogP contribution >= 0.6 is 0 Å². The summed E-state index contributed by atoms with van der Waals surface area (Å²) in [5.74, 6) is 0.304. The number of para-hydroxylation sites is 2. The number of carbonyl (C=O) groups is 1. The summed E-state index contributed by atoms with van der Waals surface area (Å²) in [6.45, 7) is 2.33. The number of ether oxygens (including phenoxy) is 1. The van der Waals surface area contributed by atoms with Crippen molar-refractivity contribution in [3.05, 3.63) is 40.9 Å². The zero-order chi connectivity index (χ0) is 13.7. The van der Waals surface area contributed by atoms with Crippen molar-refractivity contribution in [3.63, 3.8) is 0 Å². The lowest BCUT2D eigenvalue weighted by atomic mass is 10.3. The van der Waals surface area contributed by atoms with E-state index < -0.39 is 5.63 Å². The first kappa shape index (κ1) is 12.9. The molecule has 0 aliphatic heterocycles. The summed E-state index contributed by atoms with van der Waals surface area (Å²) in [7, 11) is 0. The lowest BCUT2D eigenvalue weighted by Gasteiger charge is -2.09. The number of benzene rings is 1. The Labute approximate surface area is 108 Å². The van der Waals surface area contributed by atoms with Crippen LogP contribution in [0.15, 0.2) is 39.8 Å². The molecule has 7 heteroatoms. The van der Waals surface area contributed by atoms with Crippen molar-refractivity contribution in [2.24, 2.45) is 0 Å². The highest BCUT2D eigenvalue weighted by Crippen LogP contribution is 2.23. The number of anilines is 1. The van der Waals surface area contributed by atoms with Crippen LogP contribution in [0.5, 0.6) is 5.75 Å². The van der Waals surface area contributed by atoms with Gasteiger partial charge in [0.2, 0.25) is 0 Å². The van der Waals surface area contributed by atoms with Gasteiger partial charge < -0.3 is 10.1 Å². The Kier molecular flexibility index (Phi) is 3.97. The van der Waals surface area contributed by atoms with E-state index >= 15 is 0 Å². The quantitative estimate of drug-likeness (QED) is 0.760. The minimum Gasteiger partial charge on any atom is -0.492 e. The van der Waals surface area contributed by atoms with Crippen molar-refractivity contribution in [2.45, 2.75) is 13.5 Å². The fraction of sp³-hybridized carbons (Fsp3) is 0.250. The fourth-order valence-electron chi connectivity index (χ4n) is 1.56. The molecule has 0 fully saturated rings. The molecule has 2 aromatic rings. The van der Waals surface area contributed by atoms with Crippen LogP contribution < -0.4 is 20.4 Å². The molecule has 1 heterocycles. The van der Waals surface area contributed by atoms with Gasteiger partial charge in [-0.15, -0.1) is 0 Å². The number of amides is 1. The fourth-order valence-corrected chi connectivity index (χ4v) is 1.56. The monoisotopic (exact) mass is 264 g/mol. The molecule has 0 saturated carbocycles. The lowest BCUT2D eigenvalue weighted by Crippen LogP contribution is -2.41. The number of aromatic amines is 1. The largest absolute Gasteiger partial charge is 0.492 e. The maximum absolute atomic E-state index is 11.8. The standard InChI is InChI=1S/C12H13N3O4/c1-2-18-10-6-4-3-5-9(10)13-11(16)7-15-8-12(17)19-14-15/h3-6,8H,2,7H2,1H3,(H-,13,14,16,17)/p+1. The van der Waals surface area contributed by atoms with Gasteiger partial charge in [0.25, 0.3) is 18.6 Å². The molecule has 1 amide bonds. The van der Waals surface area contributed by atoms with Gasteiger partial charge in [0.05, 0.1) is 12.3 Å². The summed E-state index contributed by atoms with van der Waals surface area (Å²) in [6.07, 6.45) is 1.16. The normalized spacial score (nSPS) is 10.2. The molecule has 0 spiro atoms. The van der Waals surface area contributed by atoms with Crippen LogP contribution in [0.2, 0.25) is 0 Å². The molecule has 0 aliphatic rings. The Morgan fingerprint density at radius 2 is 2.26 bits per heavy atom. The highest BCUT2D eigenvalue weighted by Gasteiger charge is 2.14. The maximum atomic E-state index is 11.8. The minimum atomic E-state index is -0.539. The molecule has 0 radical (unpaired) electrons. The third-order valence-corrected chi connectivity index (χ3v) is 2.30. The molecule has 7 nitrogen and oxygen atoms in total. The van der Waals surface area contributed by atoms with E-state index in [1.54, 1.807) is 18.2 Å². The number of nitrogens with zero attached hydrogens (tertiary/aromatic N) is 1. The molecule has 0 unspecified atom stereocenters. The van der Waals surface area contributed by atoms with Crippen LogP contribution in [0, 0.1) is 0 Å². The third-order valence-electron chi connectivity index (χ3n) is 2.30. The van der Waals surface area contributed by atoms with Crippen molar-refractivity contribution >= 4 is 11.6 Å². The molecular weight excluding hydrogens is 250 g/mol. The van der Waals surface area contributed by atoms with E-state index in [9.17, 15) is 9.59 Å². The van der Waals surface area contributed by atoms with Crippen molar-refractivity contribution < 1.29 is 18.7 Å². The van der Waals surface area contributed by atoms with Gasteiger partial charge >= 0.3 is 5.63 Å². The summed E-state index contributed by atoms with van der Waals surface area (Å²) < 4.78 is 11.1. The van der Waals surface area contributed by atoms with Crippen molar-refractivity contribution in [3.8, 4) is 5.75 Å². The molecule has 19 heavy (non-hydrogen) atoms. The molecule has 0 saturated heterocycles. The van der Waals surface area contributed by atoms with E-state index in [0.29, 0.717) is 18.0 Å². The summed E-state index contributed by atoms with van der Waals surface area (Å²) in [4.78, 5) is 22.6. The van der Waals surface area contributed by atoms with Crippen LogP contribution in [0.1, 0.15) is 6.92 Å². The van der Waals surface area contributed by atoms with E-state index in [2.05, 4.69) is 15.1 Å². The summed E-state index contributed by atoms with van der Waals surface area (Å²) in [5.41, 5.74) is 0.0447. The zero-order valence-corrected chi connectivity index (χ0v) is 10.4. The minimum absolute atomic E-state index is 0.0494. The molecule has 0 bridgehead atoms. The third kappa shape index (κ3) is 3.44. The predicted molar refractivity (Wildman–Crippen MR) is 65.8 cm³/mol. The van der Waals surface area contributed by atoms with Gasteiger partial charge in [-0.2, -0.15) is 0 Å². The summed E-state index contributed by atoms with van der Waals surface area (Å²) in [6, 6.07) is 7.13. The van der Waals surface area contributed by atoms with Gasteiger partial charge in [-0.25, -0.2) is 4.79 Å². The Morgan fingerprint density at radius 3 is 2.95 bits per heavy atom. The van der Waals surface area contributed by atoms with E-state index in [4.69, 9.17) is 4.74 Å². The smallest absolute Gasteiger partial charge is 0.426 e. The van der Waals surface area contributed by atoms with E-state index in [0.717, 1.165) is 6.20 Å². The number of nitrogens with one attached hydrogen (secondary N) is 2.